The minimum atomic E-state index is 0. The number of methoxy groups -OCH3 is 3. The third kappa shape index (κ3) is 2.62. The van der Waals surface area contributed by atoms with E-state index in [1.807, 2.05) is 0 Å². The second-order valence-corrected chi connectivity index (χ2v) is 2.13. The Morgan fingerprint density at radius 2 is 1.92 bits per heavy atom. The topological polar surface area (TPSA) is 27.7 Å². The predicted octanol–water partition coefficient (Wildman–Crippen LogP) is -1.60. The molecule has 0 spiro atoms. The summed E-state index contributed by atoms with van der Waals surface area (Å²) in [5.74, 6) is 1.22. The van der Waals surface area contributed by atoms with Crippen LogP contribution in [0.15, 0.2) is 29.4 Å². The molecule has 0 bridgehead atoms. The molecular weight excluding hydrogens is 163 g/mol. The number of rotatable bonds is 3. The van der Waals surface area contributed by atoms with Gasteiger partial charge in [-0.2, -0.15) is 0 Å². The zero-order valence-electron chi connectivity index (χ0n) is 8.38. The van der Waals surface area contributed by atoms with E-state index in [-0.39, 0.29) is 18.9 Å². The quantitative estimate of drug-likeness (QED) is 0.293. The van der Waals surface area contributed by atoms with Crippen molar-refractivity contribution in [3.05, 3.63) is 35.5 Å². The van der Waals surface area contributed by atoms with Crippen LogP contribution in [-0.4, -0.2) is 21.3 Å². The van der Waals surface area contributed by atoms with Crippen molar-refractivity contribution in [1.82, 2.24) is 0 Å². The molecule has 0 radical (unpaired) electrons. The summed E-state index contributed by atoms with van der Waals surface area (Å²) >= 11 is 0. The fourth-order valence-electron chi connectivity index (χ4n) is 0.950. The van der Waals surface area contributed by atoms with E-state index in [2.05, 4.69) is 5.73 Å². The van der Waals surface area contributed by atoms with Crippen molar-refractivity contribution < 1.29 is 33.1 Å². The minimum Gasteiger partial charge on any atom is -0.550 e. The maximum Gasteiger partial charge on any atom is 1.00 e. The fraction of sp³-hybridized carbons (Fsp3) is 0.333. The van der Waals surface area contributed by atoms with Gasteiger partial charge in [-0.05, 0) is 0 Å². The van der Waals surface area contributed by atoms with Gasteiger partial charge in [-0.3, -0.25) is 5.73 Å². The van der Waals surface area contributed by atoms with Crippen LogP contribution < -0.4 is 18.9 Å². The average molecular weight is 174 g/mol. The molecule has 1 rings (SSSR count). The third-order valence-electron chi connectivity index (χ3n) is 1.52. The molecule has 0 fully saturated rings. The van der Waals surface area contributed by atoms with Crippen molar-refractivity contribution in [3.8, 4) is 0 Å². The summed E-state index contributed by atoms with van der Waals surface area (Å²) in [4.78, 5) is 0. The first-order valence-electron chi connectivity index (χ1n) is 3.49. The maximum atomic E-state index is 5.09. The molecule has 0 heterocycles. The fourth-order valence-corrected chi connectivity index (χ4v) is 0.950. The molecule has 4 heteroatoms. The van der Waals surface area contributed by atoms with Crippen LogP contribution in [0, 0.1) is 6.10 Å². The van der Waals surface area contributed by atoms with E-state index in [1.54, 1.807) is 33.5 Å². The molecule has 66 valence electrons. The average Bonchev–Trinajstić information content (AvgIpc) is 2.16. The molecule has 0 amide bonds. The van der Waals surface area contributed by atoms with E-state index in [1.165, 1.54) is 0 Å². The second-order valence-electron chi connectivity index (χ2n) is 2.13. The molecule has 0 aromatic rings. The van der Waals surface area contributed by atoms with Gasteiger partial charge in [0.05, 0.1) is 25.7 Å². The molecule has 1 aliphatic carbocycles. The monoisotopic (exact) mass is 174 g/mol. The van der Waals surface area contributed by atoms with Crippen LogP contribution >= 0.6 is 0 Å². The molecule has 13 heavy (non-hydrogen) atoms. The maximum absolute atomic E-state index is 5.09. The van der Waals surface area contributed by atoms with E-state index >= 15 is 0 Å². The summed E-state index contributed by atoms with van der Waals surface area (Å²) < 4.78 is 15.2. The molecule has 0 N–H and O–H groups in total. The molecule has 3 nitrogen and oxygen atoms in total. The van der Waals surface area contributed by atoms with Crippen LogP contribution in [0.5, 0.6) is 0 Å². The Morgan fingerprint density at radius 1 is 1.23 bits per heavy atom. The Kier molecular flexibility index (Phi) is 5.53. The smallest absolute Gasteiger partial charge is 0.550 e. The molecule has 0 aliphatic heterocycles. The number of allylic oxidation sites excluding steroid dienone is 1. The van der Waals surface area contributed by atoms with Crippen LogP contribution in [0.3, 0.4) is 0 Å². The first-order valence-corrected chi connectivity index (χ1v) is 3.49. The van der Waals surface area contributed by atoms with Crippen molar-refractivity contribution in [2.45, 2.75) is 0 Å². The van der Waals surface area contributed by atoms with Crippen LogP contribution in [-0.2, 0) is 14.2 Å². The Balaban J connectivity index is 0.00000144. The standard InChI is InChI=1S/C9H11O3.Li/c1-10-7-5-4-6-8(11-2)9(7)12-3;/h5-6H,1-3H3;/q-1;+1. The summed E-state index contributed by atoms with van der Waals surface area (Å²) in [7, 11) is 4.72. The van der Waals surface area contributed by atoms with Crippen LogP contribution in [0.2, 0.25) is 0 Å². The van der Waals surface area contributed by atoms with E-state index in [0.29, 0.717) is 17.6 Å². The Bertz CT molecular complexity index is 252. The van der Waals surface area contributed by atoms with E-state index in [4.69, 9.17) is 14.2 Å². The number of hydrogen-bond donors (Lipinski definition) is 0. The normalized spacial score (nSPS) is 14.2. The van der Waals surface area contributed by atoms with Gasteiger partial charge in [-0.25, -0.2) is 0 Å². The van der Waals surface area contributed by atoms with Crippen molar-refractivity contribution in [2.75, 3.05) is 21.3 Å². The van der Waals surface area contributed by atoms with Gasteiger partial charge in [0.1, 0.15) is 0 Å². The molecule has 0 saturated heterocycles. The molecule has 1 aliphatic rings. The minimum absolute atomic E-state index is 0. The first-order chi connectivity index (χ1) is 5.83. The van der Waals surface area contributed by atoms with Crippen LogP contribution in [0.1, 0.15) is 0 Å². The summed E-state index contributed by atoms with van der Waals surface area (Å²) in [5, 5.41) is 0. The summed E-state index contributed by atoms with van der Waals surface area (Å²) in [6.07, 6.45) is 4.01. The largest absolute Gasteiger partial charge is 1.00 e. The van der Waals surface area contributed by atoms with Gasteiger partial charge in [0.25, 0.3) is 0 Å². The summed E-state index contributed by atoms with van der Waals surface area (Å²) in [5.41, 5.74) is 2.88. The van der Waals surface area contributed by atoms with Gasteiger partial charge in [0, 0.05) is 13.2 Å². The van der Waals surface area contributed by atoms with Crippen molar-refractivity contribution in [2.24, 2.45) is 0 Å². The van der Waals surface area contributed by atoms with Gasteiger partial charge in [0.2, 0.25) is 0 Å². The molecule has 0 saturated carbocycles. The van der Waals surface area contributed by atoms with Gasteiger partial charge >= 0.3 is 18.9 Å². The Morgan fingerprint density at radius 3 is 2.38 bits per heavy atom. The Labute approximate surface area is 90.2 Å². The molecule has 0 atom stereocenters. The summed E-state index contributed by atoms with van der Waals surface area (Å²) in [6.45, 7) is 0. The van der Waals surface area contributed by atoms with Gasteiger partial charge in [-0.15, -0.1) is 6.08 Å². The van der Waals surface area contributed by atoms with Crippen molar-refractivity contribution >= 4 is 0 Å². The predicted molar refractivity (Wildman–Crippen MR) is 43.9 cm³/mol. The molecule has 0 aromatic carbocycles. The van der Waals surface area contributed by atoms with Crippen molar-refractivity contribution in [1.29, 1.82) is 0 Å². The van der Waals surface area contributed by atoms with E-state index < -0.39 is 0 Å². The van der Waals surface area contributed by atoms with Crippen molar-refractivity contribution in [3.63, 3.8) is 0 Å². The molecular formula is C9H11LiO3. The molecule has 0 aromatic heterocycles. The van der Waals surface area contributed by atoms with Crippen LogP contribution in [0.25, 0.3) is 0 Å². The zero-order chi connectivity index (χ0) is 8.97. The van der Waals surface area contributed by atoms with Gasteiger partial charge < -0.3 is 14.2 Å². The van der Waals surface area contributed by atoms with Gasteiger partial charge in [0.15, 0.2) is 0 Å². The third-order valence-corrected chi connectivity index (χ3v) is 1.52. The second kappa shape index (κ2) is 5.85. The van der Waals surface area contributed by atoms with Gasteiger partial charge in [-0.1, -0.05) is 6.08 Å². The Hall–Kier alpha value is -0.713. The SMILES string of the molecule is COC1=C(OC)[C-](OC)C=C=C1.[Li+]. The van der Waals surface area contributed by atoms with E-state index in [9.17, 15) is 0 Å². The summed E-state index contributed by atoms with van der Waals surface area (Å²) in [6, 6.07) is 0. The number of ether oxygens (including phenoxy) is 3. The van der Waals surface area contributed by atoms with Crippen LogP contribution in [0.4, 0.5) is 0 Å². The zero-order valence-corrected chi connectivity index (χ0v) is 8.38. The number of hydrogen-bond acceptors (Lipinski definition) is 3. The molecule has 0 unspecified atom stereocenters. The van der Waals surface area contributed by atoms with E-state index in [0.717, 1.165) is 0 Å². The first kappa shape index (κ1) is 12.3.